The van der Waals surface area contributed by atoms with E-state index in [0.717, 1.165) is 0 Å². The molecule has 2 fully saturated rings. The monoisotopic (exact) mass is 463 g/mol. The predicted molar refractivity (Wildman–Crippen MR) is 106 cm³/mol. The molecular formula is C19H20ClF2NO6S. The van der Waals surface area contributed by atoms with Crippen LogP contribution in [0.15, 0.2) is 18.2 Å². The number of nitrogens with zero attached hydrogens (tertiary/aromatic N) is 1. The number of esters is 2. The molecule has 0 radical (unpaired) electrons. The Bertz CT molecular complexity index is 848. The van der Waals surface area contributed by atoms with E-state index >= 15 is 0 Å². The van der Waals surface area contributed by atoms with Gasteiger partial charge in [0.2, 0.25) is 5.60 Å². The summed E-state index contributed by atoms with van der Waals surface area (Å²) >= 11 is 11.3. The third-order valence-corrected chi connectivity index (χ3v) is 5.20. The minimum absolute atomic E-state index is 0.0876. The fourth-order valence-corrected chi connectivity index (χ4v) is 3.22. The van der Waals surface area contributed by atoms with Crippen molar-refractivity contribution in [3.8, 4) is 11.5 Å². The zero-order valence-corrected chi connectivity index (χ0v) is 17.7. The molecule has 11 heteroatoms. The lowest BCUT2D eigenvalue weighted by Gasteiger charge is -2.20. The van der Waals surface area contributed by atoms with Crippen LogP contribution in [-0.4, -0.2) is 59.8 Å². The number of ether oxygens (including phenoxy) is 4. The van der Waals surface area contributed by atoms with Crippen molar-refractivity contribution in [3.05, 3.63) is 23.2 Å². The van der Waals surface area contributed by atoms with Crippen LogP contribution < -0.4 is 9.47 Å². The molecule has 7 nitrogen and oxygen atoms in total. The minimum atomic E-state index is -2.80. The van der Waals surface area contributed by atoms with Crippen molar-refractivity contribution in [1.82, 2.24) is 4.90 Å². The highest BCUT2D eigenvalue weighted by Gasteiger charge is 2.55. The molecule has 1 aliphatic carbocycles. The van der Waals surface area contributed by atoms with Gasteiger partial charge in [0.1, 0.15) is 11.5 Å². The van der Waals surface area contributed by atoms with Gasteiger partial charge in [0.25, 0.3) is 11.1 Å². The van der Waals surface area contributed by atoms with Crippen LogP contribution in [0.3, 0.4) is 0 Å². The van der Waals surface area contributed by atoms with E-state index in [0.29, 0.717) is 12.8 Å². The number of hydrogen-bond acceptors (Lipinski definition) is 7. The lowest BCUT2D eigenvalue weighted by molar-refractivity contribution is -0.164. The Hall–Kier alpha value is -2.20. The van der Waals surface area contributed by atoms with Gasteiger partial charge in [-0.1, -0.05) is 11.6 Å². The van der Waals surface area contributed by atoms with Crippen molar-refractivity contribution in [3.63, 3.8) is 0 Å². The second kappa shape index (κ2) is 8.89. The summed E-state index contributed by atoms with van der Waals surface area (Å²) < 4.78 is 47.7. The van der Waals surface area contributed by atoms with E-state index in [1.807, 2.05) is 0 Å². The number of benzene rings is 1. The molecule has 1 aromatic carbocycles. The molecule has 0 N–H and O–H groups in total. The van der Waals surface area contributed by atoms with Crippen LogP contribution in [0.2, 0.25) is 5.02 Å². The first-order valence-corrected chi connectivity index (χ1v) is 10.1. The average molecular weight is 464 g/mol. The second-order valence-electron chi connectivity index (χ2n) is 6.97. The average Bonchev–Trinajstić information content (AvgIpc) is 3.37. The van der Waals surface area contributed by atoms with Crippen molar-refractivity contribution in [1.29, 1.82) is 0 Å². The van der Waals surface area contributed by atoms with Gasteiger partial charge in [-0.15, -0.1) is 0 Å². The molecule has 3 rings (SSSR count). The Morgan fingerprint density at radius 2 is 1.97 bits per heavy atom. The molecule has 1 aliphatic heterocycles. The van der Waals surface area contributed by atoms with Gasteiger partial charge in [0, 0.05) is 31.9 Å². The van der Waals surface area contributed by atoms with E-state index in [4.69, 9.17) is 42.8 Å². The Morgan fingerprint density at radius 1 is 1.23 bits per heavy atom. The number of carbonyl (C=O) groups excluding carboxylic acids is 2. The third kappa shape index (κ3) is 5.48. The van der Waals surface area contributed by atoms with Gasteiger partial charge < -0.3 is 23.8 Å². The molecular weight excluding hydrogens is 444 g/mol. The van der Waals surface area contributed by atoms with E-state index in [9.17, 15) is 18.4 Å². The Kier molecular flexibility index (Phi) is 6.66. The second-order valence-corrected chi connectivity index (χ2v) is 7.72. The molecule has 1 saturated carbocycles. The summed E-state index contributed by atoms with van der Waals surface area (Å²) in [4.78, 5) is 25.0. The van der Waals surface area contributed by atoms with Crippen LogP contribution in [0, 0.1) is 0 Å². The number of carbonyl (C=O) groups is 2. The number of halogens is 3. The maximum atomic E-state index is 13.4. The van der Waals surface area contributed by atoms with Crippen LogP contribution in [0.1, 0.15) is 26.2 Å². The Balaban J connectivity index is 1.62. The number of thiocarbonyl (C=S) groups is 1. The lowest BCUT2D eigenvalue weighted by Crippen LogP contribution is -2.34. The normalized spacial score (nSPS) is 18.5. The van der Waals surface area contributed by atoms with Gasteiger partial charge in [-0.2, -0.15) is 0 Å². The SMILES string of the molecule is CCOC(=O)COC(=O)C1(Oc2cc(OC(=S)N3CCC(F)(F)C3)ccc2Cl)CC1. The van der Waals surface area contributed by atoms with Gasteiger partial charge in [-0.3, -0.25) is 0 Å². The number of alkyl halides is 2. The fraction of sp³-hybridized carbons (Fsp3) is 0.526. The first-order chi connectivity index (χ1) is 14.1. The van der Waals surface area contributed by atoms with Crippen molar-refractivity contribution < 1.29 is 37.3 Å². The molecule has 1 aromatic rings. The molecule has 1 saturated heterocycles. The number of hydrogen-bond donors (Lipinski definition) is 0. The van der Waals surface area contributed by atoms with Gasteiger partial charge in [0.05, 0.1) is 18.2 Å². The Morgan fingerprint density at radius 3 is 2.57 bits per heavy atom. The van der Waals surface area contributed by atoms with Crippen molar-refractivity contribution >= 4 is 40.9 Å². The van der Waals surface area contributed by atoms with E-state index in [-0.39, 0.29) is 41.3 Å². The quantitative estimate of drug-likeness (QED) is 0.450. The van der Waals surface area contributed by atoms with E-state index in [1.165, 1.54) is 23.1 Å². The summed E-state index contributed by atoms with van der Waals surface area (Å²) in [6.45, 7) is 0.903. The maximum Gasteiger partial charge on any atom is 0.351 e. The molecule has 0 spiro atoms. The van der Waals surface area contributed by atoms with Crippen LogP contribution in [0.4, 0.5) is 8.78 Å². The summed E-state index contributed by atoms with van der Waals surface area (Å²) in [6, 6.07) is 4.41. The smallest absolute Gasteiger partial charge is 0.351 e. The van der Waals surface area contributed by atoms with Crippen molar-refractivity contribution in [2.24, 2.45) is 0 Å². The van der Waals surface area contributed by atoms with E-state index in [1.54, 1.807) is 6.92 Å². The first-order valence-electron chi connectivity index (χ1n) is 9.30. The van der Waals surface area contributed by atoms with E-state index < -0.39 is 36.6 Å². The predicted octanol–water partition coefficient (Wildman–Crippen LogP) is 3.36. The summed E-state index contributed by atoms with van der Waals surface area (Å²) in [7, 11) is 0. The highest BCUT2D eigenvalue weighted by atomic mass is 35.5. The summed E-state index contributed by atoms with van der Waals surface area (Å²) in [5, 5.41) is 0.126. The van der Waals surface area contributed by atoms with Gasteiger partial charge in [-0.25, -0.2) is 18.4 Å². The summed E-state index contributed by atoms with van der Waals surface area (Å²) in [5.74, 6) is -3.78. The lowest BCUT2D eigenvalue weighted by atomic mass is 10.3. The summed E-state index contributed by atoms with van der Waals surface area (Å²) in [6.07, 6.45) is 0.483. The van der Waals surface area contributed by atoms with Crippen molar-refractivity contribution in [2.45, 2.75) is 37.7 Å². The first kappa shape index (κ1) is 22.5. The maximum absolute atomic E-state index is 13.4. The van der Waals surface area contributed by atoms with Crippen LogP contribution in [-0.2, 0) is 19.1 Å². The van der Waals surface area contributed by atoms with Crippen LogP contribution >= 0.6 is 23.8 Å². The molecule has 2 aliphatic rings. The summed E-state index contributed by atoms with van der Waals surface area (Å²) in [5.41, 5.74) is -1.24. The van der Waals surface area contributed by atoms with E-state index in [2.05, 4.69) is 0 Å². The molecule has 0 atom stereocenters. The largest absolute Gasteiger partial charge is 0.474 e. The fourth-order valence-electron chi connectivity index (χ4n) is 2.81. The molecule has 0 unspecified atom stereocenters. The van der Waals surface area contributed by atoms with Crippen molar-refractivity contribution in [2.75, 3.05) is 26.3 Å². The van der Waals surface area contributed by atoms with Gasteiger partial charge in [-0.05, 0) is 31.3 Å². The highest BCUT2D eigenvalue weighted by molar-refractivity contribution is 7.80. The molecule has 0 amide bonds. The molecule has 30 heavy (non-hydrogen) atoms. The standard InChI is InChI=1S/C19H20ClF2NO6S/c1-2-26-15(24)10-27-16(25)18(5-6-18)29-14-9-12(3-4-13(14)20)28-17(30)23-8-7-19(21,22)11-23/h3-4,9H,2,5-8,10-11H2,1H3. The van der Waals surface area contributed by atoms with Gasteiger partial charge >= 0.3 is 11.9 Å². The third-order valence-electron chi connectivity index (χ3n) is 4.54. The molecule has 0 aromatic heterocycles. The van der Waals surface area contributed by atoms with Gasteiger partial charge in [0.15, 0.2) is 6.61 Å². The van der Waals surface area contributed by atoms with Crippen LogP contribution in [0.25, 0.3) is 0 Å². The number of rotatable bonds is 7. The Labute approximate surface area is 182 Å². The zero-order chi connectivity index (χ0) is 21.9. The zero-order valence-electron chi connectivity index (χ0n) is 16.1. The minimum Gasteiger partial charge on any atom is -0.474 e. The number of likely N-dealkylation sites (tertiary alicyclic amines) is 1. The topological polar surface area (TPSA) is 74.3 Å². The molecule has 1 heterocycles. The highest BCUT2D eigenvalue weighted by Crippen LogP contribution is 2.44. The molecule has 0 bridgehead atoms. The molecule has 164 valence electrons. The van der Waals surface area contributed by atoms with Crippen LogP contribution in [0.5, 0.6) is 11.5 Å².